The SMILES string of the molecule is CC(C)C1OCCCC1Nc1ccnc(N2CCN(c3cnccn3)CC2)n1. The summed E-state index contributed by atoms with van der Waals surface area (Å²) >= 11 is 0. The maximum atomic E-state index is 5.99. The molecule has 8 nitrogen and oxygen atoms in total. The van der Waals surface area contributed by atoms with Crippen LogP contribution < -0.4 is 15.1 Å². The highest BCUT2D eigenvalue weighted by Crippen LogP contribution is 2.24. The van der Waals surface area contributed by atoms with Crippen molar-refractivity contribution in [2.75, 3.05) is 47.9 Å². The van der Waals surface area contributed by atoms with Gasteiger partial charge in [0.05, 0.1) is 18.3 Å². The Balaban J connectivity index is 1.39. The summed E-state index contributed by atoms with van der Waals surface area (Å²) in [6.07, 6.45) is 9.51. The molecule has 0 aromatic carbocycles. The molecule has 2 unspecified atom stereocenters. The minimum absolute atomic E-state index is 0.225. The van der Waals surface area contributed by atoms with Crippen molar-refractivity contribution < 1.29 is 4.74 Å². The lowest BCUT2D eigenvalue weighted by atomic mass is 9.94. The van der Waals surface area contributed by atoms with E-state index >= 15 is 0 Å². The highest BCUT2D eigenvalue weighted by Gasteiger charge is 2.29. The van der Waals surface area contributed by atoms with E-state index < -0.39 is 0 Å². The zero-order chi connectivity index (χ0) is 19.3. The molecule has 2 atom stereocenters. The Morgan fingerprint density at radius 1 is 1.07 bits per heavy atom. The van der Waals surface area contributed by atoms with E-state index in [0.29, 0.717) is 12.0 Å². The first-order valence-electron chi connectivity index (χ1n) is 10.2. The normalized spacial score (nSPS) is 23.1. The topological polar surface area (TPSA) is 79.3 Å². The summed E-state index contributed by atoms with van der Waals surface area (Å²) < 4.78 is 5.99. The number of nitrogens with one attached hydrogen (secondary N) is 1. The molecule has 0 saturated carbocycles. The molecule has 0 spiro atoms. The van der Waals surface area contributed by atoms with E-state index in [2.05, 4.69) is 43.9 Å². The van der Waals surface area contributed by atoms with Crippen LogP contribution in [0.4, 0.5) is 17.6 Å². The third-order valence-corrected chi connectivity index (χ3v) is 5.44. The largest absolute Gasteiger partial charge is 0.376 e. The van der Waals surface area contributed by atoms with E-state index in [4.69, 9.17) is 9.72 Å². The van der Waals surface area contributed by atoms with Gasteiger partial charge in [0, 0.05) is 51.4 Å². The Bertz CT molecular complexity index is 749. The molecule has 28 heavy (non-hydrogen) atoms. The van der Waals surface area contributed by atoms with E-state index in [1.165, 1.54) is 0 Å². The van der Waals surface area contributed by atoms with Crippen LogP contribution in [0.15, 0.2) is 30.9 Å². The fourth-order valence-corrected chi connectivity index (χ4v) is 3.98. The first-order valence-corrected chi connectivity index (χ1v) is 10.2. The van der Waals surface area contributed by atoms with E-state index in [1.807, 2.05) is 18.5 Å². The molecule has 4 rings (SSSR count). The lowest BCUT2D eigenvalue weighted by molar-refractivity contribution is -0.0203. The van der Waals surface area contributed by atoms with Crippen LogP contribution in [0, 0.1) is 5.92 Å². The maximum Gasteiger partial charge on any atom is 0.227 e. The van der Waals surface area contributed by atoms with Crippen LogP contribution in [-0.2, 0) is 4.74 Å². The average Bonchev–Trinajstić information content (AvgIpc) is 2.75. The second-order valence-corrected chi connectivity index (χ2v) is 7.75. The Hall–Kier alpha value is -2.48. The van der Waals surface area contributed by atoms with E-state index in [-0.39, 0.29) is 6.10 Å². The maximum absolute atomic E-state index is 5.99. The standard InChI is InChI=1S/C20H29N7O/c1-15(2)19-16(4-3-13-28-19)24-17-5-6-23-20(25-17)27-11-9-26(10-12-27)18-14-21-7-8-22-18/h5-8,14-16,19H,3-4,9-13H2,1-2H3,(H,23,24,25). The van der Waals surface area contributed by atoms with Gasteiger partial charge in [-0.1, -0.05) is 13.8 Å². The van der Waals surface area contributed by atoms with Gasteiger partial charge in [0.2, 0.25) is 5.95 Å². The lowest BCUT2D eigenvalue weighted by Gasteiger charge is -2.36. The predicted molar refractivity (Wildman–Crippen MR) is 110 cm³/mol. The molecular weight excluding hydrogens is 354 g/mol. The number of aromatic nitrogens is 4. The van der Waals surface area contributed by atoms with Gasteiger partial charge >= 0.3 is 0 Å². The molecule has 2 aliphatic rings. The molecule has 0 radical (unpaired) electrons. The summed E-state index contributed by atoms with van der Waals surface area (Å²) in [7, 11) is 0. The molecule has 2 aromatic rings. The number of rotatable bonds is 5. The molecule has 0 aliphatic carbocycles. The highest BCUT2D eigenvalue weighted by molar-refractivity contribution is 5.45. The van der Waals surface area contributed by atoms with Gasteiger partial charge in [0.1, 0.15) is 11.6 Å². The quantitative estimate of drug-likeness (QED) is 0.842. The van der Waals surface area contributed by atoms with Gasteiger partial charge in [0.15, 0.2) is 0 Å². The third kappa shape index (κ3) is 4.32. The van der Waals surface area contributed by atoms with Crippen molar-refractivity contribution in [3.63, 3.8) is 0 Å². The van der Waals surface area contributed by atoms with Crippen molar-refractivity contribution in [3.05, 3.63) is 30.9 Å². The zero-order valence-corrected chi connectivity index (χ0v) is 16.7. The highest BCUT2D eigenvalue weighted by atomic mass is 16.5. The predicted octanol–water partition coefficient (Wildman–Crippen LogP) is 2.21. The first kappa shape index (κ1) is 18.9. The Kier molecular flexibility index (Phi) is 5.85. The van der Waals surface area contributed by atoms with Gasteiger partial charge < -0.3 is 19.9 Å². The minimum atomic E-state index is 0.225. The molecule has 4 heterocycles. The molecule has 1 N–H and O–H groups in total. The van der Waals surface area contributed by atoms with Crippen molar-refractivity contribution in [2.24, 2.45) is 5.92 Å². The van der Waals surface area contributed by atoms with Gasteiger partial charge in [-0.2, -0.15) is 4.98 Å². The van der Waals surface area contributed by atoms with Crippen LogP contribution in [-0.4, -0.2) is 64.9 Å². The third-order valence-electron chi connectivity index (χ3n) is 5.44. The summed E-state index contributed by atoms with van der Waals surface area (Å²) in [5.74, 6) is 3.06. The van der Waals surface area contributed by atoms with Gasteiger partial charge in [0.25, 0.3) is 0 Å². The summed E-state index contributed by atoms with van der Waals surface area (Å²) in [5, 5.41) is 3.59. The summed E-state index contributed by atoms with van der Waals surface area (Å²) in [6.45, 7) is 8.77. The Labute approximate surface area is 166 Å². The average molecular weight is 384 g/mol. The van der Waals surface area contributed by atoms with E-state index in [0.717, 1.165) is 63.2 Å². The van der Waals surface area contributed by atoms with Crippen molar-refractivity contribution in [1.82, 2.24) is 19.9 Å². The summed E-state index contributed by atoms with van der Waals surface area (Å²) in [4.78, 5) is 22.3. The van der Waals surface area contributed by atoms with Gasteiger partial charge in [-0.25, -0.2) is 9.97 Å². The molecule has 0 amide bonds. The van der Waals surface area contributed by atoms with Gasteiger partial charge in [-0.15, -0.1) is 0 Å². The van der Waals surface area contributed by atoms with Crippen LogP contribution in [0.5, 0.6) is 0 Å². The smallest absolute Gasteiger partial charge is 0.227 e. The lowest BCUT2D eigenvalue weighted by Crippen LogP contribution is -2.47. The van der Waals surface area contributed by atoms with Crippen LogP contribution in [0.25, 0.3) is 0 Å². The van der Waals surface area contributed by atoms with Crippen LogP contribution in [0.2, 0.25) is 0 Å². The number of hydrogen-bond acceptors (Lipinski definition) is 8. The molecule has 2 aromatic heterocycles. The number of ether oxygens (including phenoxy) is 1. The number of piperazine rings is 1. The van der Waals surface area contributed by atoms with Crippen molar-refractivity contribution in [3.8, 4) is 0 Å². The van der Waals surface area contributed by atoms with Crippen molar-refractivity contribution in [1.29, 1.82) is 0 Å². The van der Waals surface area contributed by atoms with Gasteiger partial charge in [-0.3, -0.25) is 4.98 Å². The number of hydrogen-bond donors (Lipinski definition) is 1. The summed E-state index contributed by atoms with van der Waals surface area (Å²) in [6, 6.07) is 2.25. The molecular formula is C20H29N7O. The Morgan fingerprint density at radius 2 is 1.89 bits per heavy atom. The van der Waals surface area contributed by atoms with Crippen molar-refractivity contribution >= 4 is 17.6 Å². The molecule has 2 saturated heterocycles. The number of nitrogens with zero attached hydrogens (tertiary/aromatic N) is 6. The molecule has 8 heteroatoms. The van der Waals surface area contributed by atoms with Crippen LogP contribution >= 0.6 is 0 Å². The monoisotopic (exact) mass is 383 g/mol. The van der Waals surface area contributed by atoms with Crippen LogP contribution in [0.3, 0.4) is 0 Å². The van der Waals surface area contributed by atoms with E-state index in [1.54, 1.807) is 12.4 Å². The van der Waals surface area contributed by atoms with Gasteiger partial charge in [-0.05, 0) is 24.8 Å². The molecule has 2 fully saturated rings. The second kappa shape index (κ2) is 8.68. The van der Waals surface area contributed by atoms with Crippen molar-refractivity contribution in [2.45, 2.75) is 38.8 Å². The van der Waals surface area contributed by atoms with Crippen LogP contribution in [0.1, 0.15) is 26.7 Å². The van der Waals surface area contributed by atoms with E-state index in [9.17, 15) is 0 Å². The molecule has 0 bridgehead atoms. The molecule has 150 valence electrons. The minimum Gasteiger partial charge on any atom is -0.376 e. The fourth-order valence-electron chi connectivity index (χ4n) is 3.98. The first-order chi connectivity index (χ1) is 13.7. The second-order valence-electron chi connectivity index (χ2n) is 7.75. The zero-order valence-electron chi connectivity index (χ0n) is 16.7. The number of anilines is 3. The Morgan fingerprint density at radius 3 is 2.64 bits per heavy atom. The fraction of sp³-hybridized carbons (Fsp3) is 0.600. The summed E-state index contributed by atoms with van der Waals surface area (Å²) in [5.41, 5.74) is 0. The molecule has 2 aliphatic heterocycles.